The number of imidazole rings is 1. The van der Waals surface area contributed by atoms with E-state index in [4.69, 9.17) is 4.98 Å². The van der Waals surface area contributed by atoms with E-state index in [1.54, 1.807) is 24.5 Å². The number of carbonyl (C=O) groups excluding carboxylic acids is 3. The van der Waals surface area contributed by atoms with Crippen LogP contribution in [0.3, 0.4) is 0 Å². The number of hydrogen-bond acceptors (Lipinski definition) is 6. The number of benzene rings is 2. The fourth-order valence-electron chi connectivity index (χ4n) is 4.53. The highest BCUT2D eigenvalue weighted by Crippen LogP contribution is 2.33. The maximum Gasteiger partial charge on any atom is 0.276 e. The summed E-state index contributed by atoms with van der Waals surface area (Å²) in [6.07, 6.45) is 3.67. The Balaban J connectivity index is 1.51. The second kappa shape index (κ2) is 8.24. The lowest BCUT2D eigenvalue weighted by molar-refractivity contribution is -0.120. The van der Waals surface area contributed by atoms with Crippen LogP contribution in [0.1, 0.15) is 16.1 Å². The van der Waals surface area contributed by atoms with Gasteiger partial charge in [0.25, 0.3) is 5.91 Å². The lowest BCUT2D eigenvalue weighted by Crippen LogP contribution is -2.48. The van der Waals surface area contributed by atoms with E-state index in [0.29, 0.717) is 35.9 Å². The van der Waals surface area contributed by atoms with Gasteiger partial charge in [0, 0.05) is 42.4 Å². The molecule has 3 N–H and O–H groups in total. The Labute approximate surface area is 200 Å². The second-order valence-corrected chi connectivity index (χ2v) is 8.44. The Morgan fingerprint density at radius 3 is 2.74 bits per heavy atom. The zero-order valence-corrected chi connectivity index (χ0v) is 18.6. The van der Waals surface area contributed by atoms with Crippen molar-refractivity contribution in [3.8, 4) is 11.3 Å². The molecule has 3 amide bonds. The van der Waals surface area contributed by atoms with Gasteiger partial charge in [-0.1, -0.05) is 24.3 Å². The summed E-state index contributed by atoms with van der Waals surface area (Å²) in [5.74, 6) is 0.00386. The summed E-state index contributed by atoms with van der Waals surface area (Å²) in [7, 11) is 0. The largest absolute Gasteiger partial charge is 0.353 e. The Kier molecular flexibility index (Phi) is 4.91. The standard InChI is InChI=1S/C25H21N7O3/c33-19-13-16-12-15(6-7-18(16)29-19)22-21(25(35)28-17-4-2-1-3-5-17)30-24-23(27-9-11-32(22)24)31-10-8-26-20(34)14-31/h1-7,9,11-12H,8,10,13-14H2,(H,26,34)(H,28,35)(H,29,33). The third-order valence-electron chi connectivity index (χ3n) is 6.11. The van der Waals surface area contributed by atoms with Gasteiger partial charge < -0.3 is 20.9 Å². The van der Waals surface area contributed by atoms with E-state index in [-0.39, 0.29) is 36.4 Å². The lowest BCUT2D eigenvalue weighted by atomic mass is 10.0. The van der Waals surface area contributed by atoms with Crippen molar-refractivity contribution in [3.63, 3.8) is 0 Å². The van der Waals surface area contributed by atoms with Gasteiger partial charge in [-0.15, -0.1) is 0 Å². The molecular formula is C25H21N7O3. The van der Waals surface area contributed by atoms with E-state index < -0.39 is 0 Å². The Morgan fingerprint density at radius 1 is 1.06 bits per heavy atom. The van der Waals surface area contributed by atoms with E-state index in [0.717, 1.165) is 16.8 Å². The zero-order chi connectivity index (χ0) is 23.9. The molecule has 2 aromatic carbocycles. The molecule has 2 aliphatic heterocycles. The highest BCUT2D eigenvalue weighted by Gasteiger charge is 2.27. The summed E-state index contributed by atoms with van der Waals surface area (Å²) in [4.78, 5) is 48.4. The minimum absolute atomic E-state index is 0.0628. The van der Waals surface area contributed by atoms with Crippen LogP contribution >= 0.6 is 0 Å². The minimum atomic E-state index is -0.369. The molecule has 0 saturated carbocycles. The molecule has 0 radical (unpaired) electrons. The van der Waals surface area contributed by atoms with E-state index in [1.807, 2.05) is 45.7 Å². The molecule has 174 valence electrons. The number of rotatable bonds is 4. The summed E-state index contributed by atoms with van der Waals surface area (Å²) in [6, 6.07) is 14.8. The Morgan fingerprint density at radius 2 is 1.91 bits per heavy atom. The molecular weight excluding hydrogens is 446 g/mol. The molecule has 0 bridgehead atoms. The number of nitrogens with one attached hydrogen (secondary N) is 3. The number of para-hydroxylation sites is 1. The topological polar surface area (TPSA) is 121 Å². The molecule has 2 aromatic heterocycles. The first-order valence-electron chi connectivity index (χ1n) is 11.2. The van der Waals surface area contributed by atoms with E-state index in [1.165, 1.54) is 0 Å². The molecule has 10 nitrogen and oxygen atoms in total. The van der Waals surface area contributed by atoms with Gasteiger partial charge in [0.15, 0.2) is 17.2 Å². The van der Waals surface area contributed by atoms with E-state index in [9.17, 15) is 14.4 Å². The zero-order valence-electron chi connectivity index (χ0n) is 18.6. The van der Waals surface area contributed by atoms with Crippen molar-refractivity contribution in [2.24, 2.45) is 0 Å². The summed E-state index contributed by atoms with van der Waals surface area (Å²) in [5, 5.41) is 8.57. The van der Waals surface area contributed by atoms with Gasteiger partial charge in [-0.05, 0) is 29.8 Å². The van der Waals surface area contributed by atoms with Crippen molar-refractivity contribution in [1.82, 2.24) is 19.7 Å². The van der Waals surface area contributed by atoms with Crippen molar-refractivity contribution in [2.45, 2.75) is 6.42 Å². The molecule has 4 aromatic rings. The highest BCUT2D eigenvalue weighted by atomic mass is 16.2. The van der Waals surface area contributed by atoms with Gasteiger partial charge in [-0.25, -0.2) is 9.97 Å². The van der Waals surface area contributed by atoms with E-state index >= 15 is 0 Å². The van der Waals surface area contributed by atoms with Crippen molar-refractivity contribution < 1.29 is 14.4 Å². The normalized spacial score (nSPS) is 15.0. The van der Waals surface area contributed by atoms with E-state index in [2.05, 4.69) is 20.9 Å². The van der Waals surface area contributed by atoms with Gasteiger partial charge in [0.1, 0.15) is 0 Å². The Bertz CT molecular complexity index is 1500. The third kappa shape index (κ3) is 3.74. The third-order valence-corrected chi connectivity index (χ3v) is 6.11. The van der Waals surface area contributed by atoms with Crippen LogP contribution in [-0.4, -0.2) is 51.7 Å². The van der Waals surface area contributed by atoms with Gasteiger partial charge in [-0.3, -0.25) is 18.8 Å². The van der Waals surface area contributed by atoms with Crippen LogP contribution in [0.5, 0.6) is 0 Å². The van der Waals surface area contributed by atoms with Crippen LogP contribution in [0.2, 0.25) is 0 Å². The number of carbonyl (C=O) groups is 3. The first-order chi connectivity index (χ1) is 17.1. The maximum atomic E-state index is 13.5. The monoisotopic (exact) mass is 467 g/mol. The van der Waals surface area contributed by atoms with Crippen LogP contribution < -0.4 is 20.9 Å². The molecule has 1 fully saturated rings. The van der Waals surface area contributed by atoms with Gasteiger partial charge in [0.05, 0.1) is 18.7 Å². The number of hydrogen-bond donors (Lipinski definition) is 3. The lowest BCUT2D eigenvalue weighted by Gasteiger charge is -2.27. The van der Waals surface area contributed by atoms with Crippen molar-refractivity contribution >= 4 is 40.6 Å². The number of piperazine rings is 1. The number of nitrogens with zero attached hydrogens (tertiary/aromatic N) is 4. The molecule has 2 aliphatic rings. The van der Waals surface area contributed by atoms with Crippen LogP contribution in [-0.2, 0) is 16.0 Å². The second-order valence-electron chi connectivity index (χ2n) is 8.44. The summed E-state index contributed by atoms with van der Waals surface area (Å²) >= 11 is 0. The molecule has 1 saturated heterocycles. The highest BCUT2D eigenvalue weighted by molar-refractivity contribution is 6.08. The number of aromatic nitrogens is 3. The summed E-state index contributed by atoms with van der Waals surface area (Å²) in [5.41, 5.74) is 4.31. The predicted molar refractivity (Wildman–Crippen MR) is 130 cm³/mol. The first kappa shape index (κ1) is 20.8. The van der Waals surface area contributed by atoms with Crippen molar-refractivity contribution in [3.05, 3.63) is 72.2 Å². The van der Waals surface area contributed by atoms with Crippen molar-refractivity contribution in [2.75, 3.05) is 35.2 Å². The number of anilines is 3. The predicted octanol–water partition coefficient (Wildman–Crippen LogP) is 2.08. The van der Waals surface area contributed by atoms with Gasteiger partial charge in [-0.2, -0.15) is 0 Å². The fraction of sp³-hybridized carbons (Fsp3) is 0.160. The Hall–Kier alpha value is -4.73. The SMILES string of the molecule is O=C1CN(c2nccn3c(-c4ccc5c(c4)CC(=O)N5)c(C(=O)Nc4ccccc4)nc23)CCN1. The summed E-state index contributed by atoms with van der Waals surface area (Å²) < 4.78 is 1.82. The maximum absolute atomic E-state index is 13.5. The molecule has 0 aliphatic carbocycles. The van der Waals surface area contributed by atoms with Crippen LogP contribution in [0.4, 0.5) is 17.2 Å². The quantitative estimate of drug-likeness (QED) is 0.423. The first-order valence-corrected chi connectivity index (χ1v) is 11.2. The van der Waals surface area contributed by atoms with Gasteiger partial charge in [0.2, 0.25) is 11.8 Å². The van der Waals surface area contributed by atoms with Gasteiger partial charge >= 0.3 is 0 Å². The molecule has 0 atom stereocenters. The molecule has 0 unspecified atom stereocenters. The molecule has 0 spiro atoms. The molecule has 6 rings (SSSR count). The van der Waals surface area contributed by atoms with Crippen molar-refractivity contribution in [1.29, 1.82) is 0 Å². The number of amides is 3. The number of fused-ring (bicyclic) bond motifs is 2. The summed E-state index contributed by atoms with van der Waals surface area (Å²) in [6.45, 7) is 1.24. The average Bonchev–Trinajstić information content (AvgIpc) is 3.43. The smallest absolute Gasteiger partial charge is 0.276 e. The molecule has 4 heterocycles. The van der Waals surface area contributed by atoms with Crippen LogP contribution in [0.25, 0.3) is 16.9 Å². The molecule has 35 heavy (non-hydrogen) atoms. The fourth-order valence-corrected chi connectivity index (χ4v) is 4.53. The van der Waals surface area contributed by atoms with Crippen LogP contribution in [0.15, 0.2) is 60.9 Å². The molecule has 10 heteroatoms. The average molecular weight is 467 g/mol. The van der Waals surface area contributed by atoms with Crippen LogP contribution in [0, 0.1) is 0 Å². The minimum Gasteiger partial charge on any atom is -0.353 e.